The second-order valence-electron chi connectivity index (χ2n) is 5.43. The monoisotopic (exact) mass is 266 g/mol. The Morgan fingerprint density at radius 1 is 1.28 bits per heavy atom. The van der Waals surface area contributed by atoms with Gasteiger partial charge >= 0.3 is 0 Å². The average Bonchev–Trinajstić information content (AvgIpc) is 2.57. The van der Waals surface area contributed by atoms with Crippen molar-refractivity contribution in [3.8, 4) is 0 Å². The molecule has 2 atom stereocenters. The van der Waals surface area contributed by atoms with Crippen molar-refractivity contribution in [2.75, 3.05) is 25.0 Å². The Hall–Kier alpha value is -0.870. The Kier molecular flexibility index (Phi) is 3.16. The number of halogens is 1. The molecule has 5 heteroatoms. The van der Waals surface area contributed by atoms with Crippen molar-refractivity contribution in [3.63, 3.8) is 0 Å². The number of likely N-dealkylation sites (N-methyl/N-ethyl adjacent to an activating group) is 1. The maximum Gasteiger partial charge on any atom is 0.224 e. The lowest BCUT2D eigenvalue weighted by molar-refractivity contribution is 0.254. The molecule has 2 fully saturated rings. The van der Waals surface area contributed by atoms with Gasteiger partial charge in [-0.2, -0.15) is 0 Å². The highest BCUT2D eigenvalue weighted by Gasteiger charge is 2.35. The van der Waals surface area contributed by atoms with E-state index in [1.54, 1.807) is 0 Å². The van der Waals surface area contributed by atoms with E-state index < -0.39 is 0 Å². The van der Waals surface area contributed by atoms with Gasteiger partial charge in [0.25, 0.3) is 0 Å². The van der Waals surface area contributed by atoms with Gasteiger partial charge in [-0.15, -0.1) is 0 Å². The molecule has 2 aliphatic rings. The van der Waals surface area contributed by atoms with Crippen molar-refractivity contribution in [1.29, 1.82) is 0 Å². The maximum absolute atomic E-state index is 5.93. The number of aryl methyl sites for hydroxylation is 1. The fourth-order valence-electron chi connectivity index (χ4n) is 3.23. The quantitative estimate of drug-likeness (QED) is 0.729. The van der Waals surface area contributed by atoms with Gasteiger partial charge in [0.05, 0.1) is 0 Å². The van der Waals surface area contributed by atoms with Crippen LogP contribution in [0.4, 0.5) is 5.82 Å². The van der Waals surface area contributed by atoms with Crippen LogP contribution in [-0.2, 0) is 0 Å². The Bertz CT molecular complexity index is 451. The van der Waals surface area contributed by atoms with Gasteiger partial charge in [0.15, 0.2) is 0 Å². The number of aromatic nitrogens is 2. The standard InChI is InChI=1S/C13H19ClN4/c1-9-7-15-13(14)16-12(9)18-6-5-10-3-4-11(8-18)17(10)2/h7,10-11H,3-6,8H2,1-2H3. The molecule has 0 saturated carbocycles. The van der Waals surface area contributed by atoms with Gasteiger partial charge in [0, 0.05) is 36.9 Å². The zero-order valence-corrected chi connectivity index (χ0v) is 11.7. The number of hydrogen-bond donors (Lipinski definition) is 0. The minimum atomic E-state index is 0.346. The van der Waals surface area contributed by atoms with Crippen LogP contribution in [0, 0.1) is 6.92 Å². The first-order valence-corrected chi connectivity index (χ1v) is 6.99. The highest BCUT2D eigenvalue weighted by molar-refractivity contribution is 6.28. The Morgan fingerprint density at radius 2 is 2.06 bits per heavy atom. The zero-order valence-electron chi connectivity index (χ0n) is 10.9. The van der Waals surface area contributed by atoms with Crippen LogP contribution in [0.25, 0.3) is 0 Å². The molecular formula is C13H19ClN4. The molecule has 2 aliphatic heterocycles. The van der Waals surface area contributed by atoms with E-state index in [9.17, 15) is 0 Å². The fraction of sp³-hybridized carbons (Fsp3) is 0.692. The molecule has 0 aromatic carbocycles. The molecule has 1 aromatic heterocycles. The lowest BCUT2D eigenvalue weighted by Gasteiger charge is -2.27. The molecule has 0 spiro atoms. The highest BCUT2D eigenvalue weighted by Crippen LogP contribution is 2.31. The van der Waals surface area contributed by atoms with Crippen molar-refractivity contribution in [2.24, 2.45) is 0 Å². The van der Waals surface area contributed by atoms with Crippen molar-refractivity contribution in [1.82, 2.24) is 14.9 Å². The second-order valence-corrected chi connectivity index (χ2v) is 5.77. The van der Waals surface area contributed by atoms with Gasteiger partial charge in [-0.05, 0) is 44.8 Å². The van der Waals surface area contributed by atoms with E-state index in [1.807, 2.05) is 6.20 Å². The van der Waals surface area contributed by atoms with Crippen LogP contribution in [0.3, 0.4) is 0 Å². The van der Waals surface area contributed by atoms with E-state index >= 15 is 0 Å². The van der Waals surface area contributed by atoms with E-state index in [-0.39, 0.29) is 0 Å². The number of hydrogen-bond acceptors (Lipinski definition) is 4. The van der Waals surface area contributed by atoms with Gasteiger partial charge in [-0.3, -0.25) is 4.90 Å². The summed E-state index contributed by atoms with van der Waals surface area (Å²) in [6.07, 6.45) is 5.68. The van der Waals surface area contributed by atoms with Gasteiger partial charge in [-0.25, -0.2) is 9.97 Å². The first-order chi connectivity index (χ1) is 8.65. The van der Waals surface area contributed by atoms with Crippen LogP contribution in [0.15, 0.2) is 6.20 Å². The summed E-state index contributed by atoms with van der Waals surface area (Å²) in [5, 5.41) is 0.346. The first kappa shape index (κ1) is 12.2. The van der Waals surface area contributed by atoms with Gasteiger partial charge in [-0.1, -0.05) is 0 Å². The SMILES string of the molecule is Cc1cnc(Cl)nc1N1CCC2CCC(C1)N2C. The molecule has 3 rings (SSSR count). The topological polar surface area (TPSA) is 32.3 Å². The summed E-state index contributed by atoms with van der Waals surface area (Å²) in [4.78, 5) is 13.4. The minimum Gasteiger partial charge on any atom is -0.355 e. The number of nitrogens with zero attached hydrogens (tertiary/aromatic N) is 4. The van der Waals surface area contributed by atoms with Gasteiger partial charge in [0.2, 0.25) is 5.28 Å². The van der Waals surface area contributed by atoms with Crippen LogP contribution in [-0.4, -0.2) is 47.1 Å². The summed E-state index contributed by atoms with van der Waals surface area (Å²) >= 11 is 5.93. The number of anilines is 1. The largest absolute Gasteiger partial charge is 0.355 e. The fourth-order valence-corrected chi connectivity index (χ4v) is 3.36. The summed E-state index contributed by atoms with van der Waals surface area (Å²) in [5.74, 6) is 1.01. The Balaban J connectivity index is 1.87. The average molecular weight is 267 g/mol. The molecule has 1 aromatic rings. The molecule has 0 radical (unpaired) electrons. The molecule has 0 amide bonds. The van der Waals surface area contributed by atoms with Crippen molar-refractivity contribution >= 4 is 17.4 Å². The molecule has 2 unspecified atom stereocenters. The normalized spacial score (nSPS) is 28.5. The van der Waals surface area contributed by atoms with E-state index in [2.05, 4.69) is 33.7 Å². The van der Waals surface area contributed by atoms with Crippen LogP contribution in [0.1, 0.15) is 24.8 Å². The van der Waals surface area contributed by atoms with E-state index in [4.69, 9.17) is 11.6 Å². The summed E-state index contributed by atoms with van der Waals surface area (Å²) in [6.45, 7) is 4.18. The Morgan fingerprint density at radius 3 is 2.89 bits per heavy atom. The van der Waals surface area contributed by atoms with Crippen LogP contribution < -0.4 is 4.90 Å². The van der Waals surface area contributed by atoms with E-state index in [0.29, 0.717) is 11.3 Å². The molecule has 98 valence electrons. The third kappa shape index (κ3) is 2.08. The van der Waals surface area contributed by atoms with Gasteiger partial charge < -0.3 is 4.90 Å². The summed E-state index contributed by atoms with van der Waals surface area (Å²) in [7, 11) is 2.26. The first-order valence-electron chi connectivity index (χ1n) is 6.61. The lowest BCUT2D eigenvalue weighted by Crippen LogP contribution is -2.37. The molecule has 0 N–H and O–H groups in total. The Labute approximate surface area is 113 Å². The lowest BCUT2D eigenvalue weighted by atomic mass is 10.1. The zero-order chi connectivity index (χ0) is 12.7. The number of fused-ring (bicyclic) bond motifs is 2. The smallest absolute Gasteiger partial charge is 0.224 e. The van der Waals surface area contributed by atoms with Crippen LogP contribution in [0.5, 0.6) is 0 Å². The minimum absolute atomic E-state index is 0.346. The van der Waals surface area contributed by atoms with Crippen molar-refractivity contribution in [2.45, 2.75) is 38.3 Å². The predicted molar refractivity (Wildman–Crippen MR) is 73.2 cm³/mol. The molecule has 2 bridgehead atoms. The summed E-state index contributed by atoms with van der Waals surface area (Å²) in [5.41, 5.74) is 1.11. The van der Waals surface area contributed by atoms with E-state index in [0.717, 1.165) is 30.5 Å². The van der Waals surface area contributed by atoms with Gasteiger partial charge in [0.1, 0.15) is 5.82 Å². The summed E-state index contributed by atoms with van der Waals surface area (Å²) < 4.78 is 0. The maximum atomic E-state index is 5.93. The summed E-state index contributed by atoms with van der Waals surface area (Å²) in [6, 6.07) is 1.41. The van der Waals surface area contributed by atoms with Crippen LogP contribution in [0.2, 0.25) is 5.28 Å². The molecule has 4 nitrogen and oxygen atoms in total. The predicted octanol–water partition coefficient (Wildman–Crippen LogP) is 2.11. The van der Waals surface area contributed by atoms with E-state index in [1.165, 1.54) is 19.3 Å². The molecule has 0 aliphatic carbocycles. The third-order valence-electron chi connectivity index (χ3n) is 4.36. The van der Waals surface area contributed by atoms with Crippen LogP contribution >= 0.6 is 11.6 Å². The molecule has 3 heterocycles. The second kappa shape index (κ2) is 4.67. The third-order valence-corrected chi connectivity index (χ3v) is 4.55. The molecular weight excluding hydrogens is 248 g/mol. The number of rotatable bonds is 1. The molecule has 18 heavy (non-hydrogen) atoms. The highest BCUT2D eigenvalue weighted by atomic mass is 35.5. The van der Waals surface area contributed by atoms with Crippen molar-refractivity contribution < 1.29 is 0 Å². The van der Waals surface area contributed by atoms with Crippen molar-refractivity contribution in [3.05, 3.63) is 17.0 Å². The molecule has 2 saturated heterocycles.